The second kappa shape index (κ2) is 51.3. The van der Waals surface area contributed by atoms with Crippen LogP contribution >= 0.6 is 0 Å². The minimum atomic E-state index is -1.63. The Morgan fingerprint density at radius 1 is 0.443 bits per heavy atom. The Morgan fingerprint density at radius 2 is 0.814 bits per heavy atom. The molecule has 0 aromatic heterocycles. The number of ether oxygens (including phenoxy) is 4. The van der Waals surface area contributed by atoms with Gasteiger partial charge in [0.1, 0.15) is 13.2 Å². The van der Waals surface area contributed by atoms with Gasteiger partial charge < -0.3 is 33.3 Å². The van der Waals surface area contributed by atoms with Gasteiger partial charge in [0.15, 0.2) is 12.4 Å². The molecule has 398 valence electrons. The van der Waals surface area contributed by atoms with E-state index in [4.69, 9.17) is 18.9 Å². The molecule has 70 heavy (non-hydrogen) atoms. The first-order chi connectivity index (χ1) is 34.1. The molecule has 9 nitrogen and oxygen atoms in total. The number of likely N-dealkylation sites (N-methyl/N-ethyl adjacent to an activating group) is 1. The van der Waals surface area contributed by atoms with Crippen molar-refractivity contribution >= 4 is 17.9 Å². The van der Waals surface area contributed by atoms with E-state index in [9.17, 15) is 19.5 Å². The zero-order chi connectivity index (χ0) is 51.3. The number of carboxylic acid groups (broad SMARTS) is 1. The highest BCUT2D eigenvalue weighted by Gasteiger charge is 2.22. The molecule has 0 saturated heterocycles. The van der Waals surface area contributed by atoms with Crippen molar-refractivity contribution < 1.29 is 42.9 Å². The fourth-order valence-electron chi connectivity index (χ4n) is 7.06. The van der Waals surface area contributed by atoms with Crippen molar-refractivity contribution in [2.24, 2.45) is 0 Å². The van der Waals surface area contributed by atoms with Crippen LogP contribution in [0.25, 0.3) is 0 Å². The van der Waals surface area contributed by atoms with Gasteiger partial charge in [-0.1, -0.05) is 213 Å². The van der Waals surface area contributed by atoms with Crippen LogP contribution in [0.15, 0.2) is 109 Å². The van der Waals surface area contributed by atoms with E-state index >= 15 is 0 Å². The van der Waals surface area contributed by atoms with E-state index in [1.807, 2.05) is 21.1 Å². The molecule has 0 heterocycles. The van der Waals surface area contributed by atoms with E-state index in [1.165, 1.54) is 64.2 Å². The molecule has 0 spiro atoms. The quantitative estimate of drug-likeness (QED) is 0.0195. The SMILES string of the molecule is CC/C=C\C/C=C\C/C=C\C/C=C\C/C=C\C/C=C\C/C=C\C/C=C\C/C=C\CCCCCCCCCC(=O)OC(COC(=O)CCCCCCCCCCCC)COC(OCC[N+](C)(C)C)C(=O)[O-]. The zero-order valence-electron chi connectivity index (χ0n) is 45.1. The van der Waals surface area contributed by atoms with E-state index in [0.29, 0.717) is 17.4 Å². The summed E-state index contributed by atoms with van der Waals surface area (Å²) in [6.07, 6.45) is 67.1. The second-order valence-corrected chi connectivity index (χ2v) is 19.1. The molecule has 0 rings (SSSR count). The van der Waals surface area contributed by atoms with Crippen LogP contribution in [0, 0.1) is 0 Å². The van der Waals surface area contributed by atoms with Crippen LogP contribution in [0.4, 0.5) is 0 Å². The number of allylic oxidation sites excluding steroid dienone is 18. The predicted octanol–water partition coefficient (Wildman–Crippen LogP) is 14.6. The molecular formula is C61H101NO8. The van der Waals surface area contributed by atoms with Crippen LogP contribution in [-0.2, 0) is 33.3 Å². The van der Waals surface area contributed by atoms with E-state index in [1.54, 1.807) is 0 Å². The first kappa shape index (κ1) is 66.0. The van der Waals surface area contributed by atoms with Gasteiger partial charge in [0.25, 0.3) is 0 Å². The van der Waals surface area contributed by atoms with Gasteiger partial charge in [-0.3, -0.25) is 9.59 Å². The van der Waals surface area contributed by atoms with E-state index in [2.05, 4.69) is 123 Å². The van der Waals surface area contributed by atoms with Crippen LogP contribution in [0.3, 0.4) is 0 Å². The summed E-state index contributed by atoms with van der Waals surface area (Å²) >= 11 is 0. The first-order valence-corrected chi connectivity index (χ1v) is 27.5. The van der Waals surface area contributed by atoms with Crippen molar-refractivity contribution in [3.63, 3.8) is 0 Å². The lowest BCUT2D eigenvalue weighted by atomic mass is 10.1. The Morgan fingerprint density at radius 3 is 1.21 bits per heavy atom. The van der Waals surface area contributed by atoms with Crippen molar-refractivity contribution in [2.45, 2.75) is 212 Å². The molecule has 0 fully saturated rings. The maximum Gasteiger partial charge on any atom is 0.306 e. The lowest BCUT2D eigenvalue weighted by molar-refractivity contribution is -0.870. The normalized spacial score (nSPS) is 13.7. The van der Waals surface area contributed by atoms with Crippen molar-refractivity contribution in [2.75, 3.05) is 47.5 Å². The summed E-state index contributed by atoms with van der Waals surface area (Å²) in [5.41, 5.74) is 0. The van der Waals surface area contributed by atoms with E-state index in [-0.39, 0.29) is 38.6 Å². The van der Waals surface area contributed by atoms with Crippen LogP contribution in [0.5, 0.6) is 0 Å². The number of nitrogens with zero attached hydrogens (tertiary/aromatic N) is 1. The number of carbonyl (C=O) groups is 3. The largest absolute Gasteiger partial charge is 0.545 e. The molecule has 0 radical (unpaired) electrons. The smallest absolute Gasteiger partial charge is 0.306 e. The minimum absolute atomic E-state index is 0.141. The third-order valence-corrected chi connectivity index (χ3v) is 11.3. The van der Waals surface area contributed by atoms with Gasteiger partial charge in [-0.05, 0) is 83.5 Å². The topological polar surface area (TPSA) is 111 Å². The van der Waals surface area contributed by atoms with Crippen LogP contribution < -0.4 is 5.11 Å². The zero-order valence-corrected chi connectivity index (χ0v) is 45.1. The van der Waals surface area contributed by atoms with Crippen molar-refractivity contribution in [1.82, 2.24) is 0 Å². The van der Waals surface area contributed by atoms with Crippen LogP contribution in [0.1, 0.15) is 200 Å². The number of quaternary nitrogens is 1. The lowest BCUT2D eigenvalue weighted by Crippen LogP contribution is -2.44. The van der Waals surface area contributed by atoms with Gasteiger partial charge in [-0.25, -0.2) is 0 Å². The Hall–Kier alpha value is -4.05. The third-order valence-electron chi connectivity index (χ3n) is 11.3. The predicted molar refractivity (Wildman–Crippen MR) is 292 cm³/mol. The highest BCUT2D eigenvalue weighted by Crippen LogP contribution is 2.14. The Balaban J connectivity index is 4.20. The molecule has 0 amide bonds. The fraction of sp³-hybridized carbons (Fsp3) is 0.656. The van der Waals surface area contributed by atoms with Crippen LogP contribution in [-0.4, -0.2) is 82.3 Å². The Kier molecular flexibility index (Phi) is 48.3. The summed E-state index contributed by atoms with van der Waals surface area (Å²) in [4.78, 5) is 37.1. The van der Waals surface area contributed by atoms with Gasteiger partial charge in [0, 0.05) is 12.8 Å². The molecule has 0 bridgehead atoms. The summed E-state index contributed by atoms with van der Waals surface area (Å²) < 4.78 is 22.6. The number of carboxylic acids is 1. The summed E-state index contributed by atoms with van der Waals surface area (Å²) in [6.45, 7) is 4.58. The molecule has 0 saturated carbocycles. The fourth-order valence-corrected chi connectivity index (χ4v) is 7.06. The summed E-state index contributed by atoms with van der Waals surface area (Å²) in [5.74, 6) is -2.31. The van der Waals surface area contributed by atoms with Crippen LogP contribution in [0.2, 0.25) is 0 Å². The van der Waals surface area contributed by atoms with Crippen molar-refractivity contribution in [3.8, 4) is 0 Å². The van der Waals surface area contributed by atoms with Gasteiger partial charge in [0.05, 0.1) is 40.3 Å². The minimum Gasteiger partial charge on any atom is -0.545 e. The number of aliphatic carboxylic acids is 1. The number of carbonyl (C=O) groups excluding carboxylic acids is 3. The second-order valence-electron chi connectivity index (χ2n) is 19.1. The summed E-state index contributed by atoms with van der Waals surface area (Å²) in [7, 11) is 5.90. The molecule has 2 unspecified atom stereocenters. The molecule has 0 aliphatic carbocycles. The van der Waals surface area contributed by atoms with Gasteiger partial charge in [0.2, 0.25) is 0 Å². The maximum atomic E-state index is 12.8. The molecule has 0 aliphatic rings. The van der Waals surface area contributed by atoms with Crippen molar-refractivity contribution in [1.29, 1.82) is 0 Å². The number of hydrogen-bond donors (Lipinski definition) is 0. The number of unbranched alkanes of at least 4 members (excludes halogenated alkanes) is 16. The third kappa shape index (κ3) is 51.8. The van der Waals surface area contributed by atoms with Gasteiger partial charge >= 0.3 is 11.9 Å². The lowest BCUT2D eigenvalue weighted by Gasteiger charge is -2.26. The Bertz CT molecular complexity index is 1510. The van der Waals surface area contributed by atoms with Gasteiger partial charge in [-0.15, -0.1) is 0 Å². The molecular weight excluding hydrogens is 875 g/mol. The Labute approximate surface area is 428 Å². The molecule has 0 N–H and O–H groups in total. The average molecular weight is 976 g/mol. The average Bonchev–Trinajstić information content (AvgIpc) is 3.33. The van der Waals surface area contributed by atoms with Gasteiger partial charge in [-0.2, -0.15) is 0 Å². The van der Waals surface area contributed by atoms with Crippen molar-refractivity contribution in [3.05, 3.63) is 109 Å². The maximum absolute atomic E-state index is 12.8. The first-order valence-electron chi connectivity index (χ1n) is 27.5. The number of rotatable bonds is 49. The number of esters is 2. The molecule has 0 aliphatic heterocycles. The summed E-state index contributed by atoms with van der Waals surface area (Å²) in [6, 6.07) is 0. The standard InChI is InChI=1S/C61H101NO8/c1-6-8-10-12-14-16-18-19-20-21-22-23-24-25-26-27-28-29-30-31-32-33-34-35-36-37-38-39-40-41-42-44-46-48-50-52-59(64)70-57(56-69-61(60(65)66)67-54-53-62(3,4)5)55-68-58(63)51-49-47-45-43-17-15-13-11-9-7-2/h8,10,14,16,19-20,22-23,25-26,28-29,31-32,34-35,37-38,57,61H,6-7,9,11-13,15,17-18,21,24,27,30,33,36,39-56H2,1-5H3/b10-8-,16-14-,20-19-,23-22-,26-25-,29-28-,32-31-,35-34-,38-37-. The highest BCUT2D eigenvalue weighted by atomic mass is 16.7. The highest BCUT2D eigenvalue weighted by molar-refractivity contribution is 5.70. The monoisotopic (exact) mass is 976 g/mol. The van der Waals surface area contributed by atoms with E-state index in [0.717, 1.165) is 103 Å². The molecule has 0 aromatic rings. The molecule has 0 aromatic carbocycles. The molecule has 9 heteroatoms. The number of hydrogen-bond acceptors (Lipinski definition) is 8. The summed E-state index contributed by atoms with van der Waals surface area (Å²) in [5, 5.41) is 11.7. The van der Waals surface area contributed by atoms with E-state index < -0.39 is 24.3 Å². The molecule has 2 atom stereocenters.